The smallest absolute Gasteiger partial charge is 0.410 e. The van der Waals surface area contributed by atoms with E-state index in [1.165, 1.54) is 24.1 Å². The number of carbonyl (C=O) groups is 2. The highest BCUT2D eigenvalue weighted by atomic mass is 19.1. The zero-order chi connectivity index (χ0) is 20.1. The number of ether oxygens (including phenoxy) is 2. The number of carbonyl (C=O) groups excluding carboxylic acids is 2. The first kappa shape index (κ1) is 19.7. The van der Waals surface area contributed by atoms with E-state index in [0.29, 0.717) is 31.5 Å². The lowest BCUT2D eigenvalue weighted by Crippen LogP contribution is -2.47. The maximum Gasteiger partial charge on any atom is 0.410 e. The summed E-state index contributed by atoms with van der Waals surface area (Å²) in [7, 11) is 2.86. The van der Waals surface area contributed by atoms with Gasteiger partial charge in [-0.05, 0) is 47.7 Å². The number of fused-ring (bicyclic) bond motifs is 1. The fourth-order valence-corrected chi connectivity index (χ4v) is 3.51. The molecule has 0 bridgehead atoms. The Balaban J connectivity index is 1.77. The second kappa shape index (κ2) is 8.73. The maximum absolute atomic E-state index is 13.8. The van der Waals surface area contributed by atoms with Crippen molar-refractivity contribution in [3.05, 3.63) is 65.0 Å². The van der Waals surface area contributed by atoms with Crippen LogP contribution in [0.2, 0.25) is 0 Å². The van der Waals surface area contributed by atoms with E-state index in [-0.39, 0.29) is 5.91 Å². The third-order valence-corrected chi connectivity index (χ3v) is 4.88. The molecule has 0 radical (unpaired) electrons. The van der Waals surface area contributed by atoms with Crippen LogP contribution in [-0.4, -0.2) is 44.2 Å². The molecule has 0 saturated heterocycles. The average molecular weight is 386 g/mol. The first-order chi connectivity index (χ1) is 13.5. The zero-order valence-electron chi connectivity index (χ0n) is 15.9. The second-order valence-electron chi connectivity index (χ2n) is 6.51. The lowest BCUT2D eigenvalue weighted by atomic mass is 9.92. The predicted molar refractivity (Wildman–Crippen MR) is 102 cm³/mol. The molecule has 1 heterocycles. The van der Waals surface area contributed by atoms with Crippen molar-refractivity contribution in [2.75, 3.05) is 27.3 Å². The van der Waals surface area contributed by atoms with Gasteiger partial charge in [0, 0.05) is 13.1 Å². The minimum atomic E-state index is -0.926. The Morgan fingerprint density at radius 1 is 1.21 bits per heavy atom. The number of amides is 2. The SMILES string of the molecule is COC(=O)N1CCc2ccc(F)cc2[C@H]1C(=O)NCCc1ccccc1OC. The van der Waals surface area contributed by atoms with Crippen LogP contribution in [-0.2, 0) is 22.4 Å². The van der Waals surface area contributed by atoms with E-state index < -0.39 is 18.0 Å². The second-order valence-corrected chi connectivity index (χ2v) is 6.51. The molecule has 7 heteroatoms. The fourth-order valence-electron chi connectivity index (χ4n) is 3.51. The van der Waals surface area contributed by atoms with Gasteiger partial charge in [0.2, 0.25) is 5.91 Å². The van der Waals surface area contributed by atoms with Crippen LogP contribution in [0.3, 0.4) is 0 Å². The van der Waals surface area contributed by atoms with Crippen LogP contribution in [0, 0.1) is 5.82 Å². The van der Waals surface area contributed by atoms with Gasteiger partial charge in [0.05, 0.1) is 14.2 Å². The topological polar surface area (TPSA) is 67.9 Å². The van der Waals surface area contributed by atoms with Gasteiger partial charge >= 0.3 is 6.09 Å². The maximum atomic E-state index is 13.8. The third-order valence-electron chi connectivity index (χ3n) is 4.88. The lowest BCUT2D eigenvalue weighted by Gasteiger charge is -2.35. The summed E-state index contributed by atoms with van der Waals surface area (Å²) < 4.78 is 24.0. The summed E-state index contributed by atoms with van der Waals surface area (Å²) in [6, 6.07) is 11.0. The van der Waals surface area contributed by atoms with Gasteiger partial charge in [0.15, 0.2) is 0 Å². The molecule has 1 atom stereocenters. The van der Waals surface area contributed by atoms with Gasteiger partial charge in [0.25, 0.3) is 0 Å². The molecule has 0 unspecified atom stereocenters. The van der Waals surface area contributed by atoms with Crippen molar-refractivity contribution >= 4 is 12.0 Å². The number of para-hydroxylation sites is 1. The number of benzene rings is 2. The Hall–Kier alpha value is -3.09. The monoisotopic (exact) mass is 386 g/mol. The molecule has 0 aromatic heterocycles. The van der Waals surface area contributed by atoms with Crippen LogP contribution >= 0.6 is 0 Å². The first-order valence-corrected chi connectivity index (χ1v) is 9.07. The molecule has 6 nitrogen and oxygen atoms in total. The number of rotatable bonds is 5. The minimum absolute atomic E-state index is 0.329. The highest BCUT2D eigenvalue weighted by Gasteiger charge is 2.36. The number of nitrogens with one attached hydrogen (secondary N) is 1. The Labute approximate surface area is 163 Å². The Kier molecular flexibility index (Phi) is 6.13. The standard InChI is InChI=1S/C21H23FN2O4/c1-27-18-6-4-3-5-15(18)9-11-23-20(25)19-17-13-16(22)8-7-14(17)10-12-24(19)21(26)28-2/h3-8,13,19H,9-12H2,1-2H3,(H,23,25)/t19-/m0/s1. The van der Waals surface area contributed by atoms with Gasteiger partial charge in [0.1, 0.15) is 17.6 Å². The molecule has 2 aromatic carbocycles. The molecule has 148 valence electrons. The predicted octanol–water partition coefficient (Wildman–Crippen LogP) is 2.86. The summed E-state index contributed by atoms with van der Waals surface area (Å²) in [6.07, 6.45) is 0.492. The summed E-state index contributed by atoms with van der Waals surface area (Å²) in [5.41, 5.74) is 2.31. The van der Waals surface area contributed by atoms with Crippen molar-refractivity contribution < 1.29 is 23.5 Å². The minimum Gasteiger partial charge on any atom is -0.496 e. The number of hydrogen-bond donors (Lipinski definition) is 1. The zero-order valence-corrected chi connectivity index (χ0v) is 15.9. The molecule has 0 fully saturated rings. The van der Waals surface area contributed by atoms with Gasteiger partial charge in [-0.25, -0.2) is 9.18 Å². The molecule has 1 N–H and O–H groups in total. The van der Waals surface area contributed by atoms with E-state index >= 15 is 0 Å². The van der Waals surface area contributed by atoms with Crippen molar-refractivity contribution in [3.8, 4) is 5.75 Å². The fraction of sp³-hybridized carbons (Fsp3) is 0.333. The molecule has 1 aliphatic rings. The molecule has 1 aliphatic heterocycles. The highest BCUT2D eigenvalue weighted by Crippen LogP contribution is 2.31. The molecular weight excluding hydrogens is 363 g/mol. The van der Waals surface area contributed by atoms with E-state index in [2.05, 4.69) is 5.32 Å². The molecule has 28 heavy (non-hydrogen) atoms. The van der Waals surface area contributed by atoms with Gasteiger partial charge in [-0.15, -0.1) is 0 Å². The van der Waals surface area contributed by atoms with E-state index in [4.69, 9.17) is 9.47 Å². The van der Waals surface area contributed by atoms with E-state index in [1.807, 2.05) is 24.3 Å². The van der Waals surface area contributed by atoms with Crippen LogP contribution < -0.4 is 10.1 Å². The highest BCUT2D eigenvalue weighted by molar-refractivity contribution is 5.87. The first-order valence-electron chi connectivity index (χ1n) is 9.07. The van der Waals surface area contributed by atoms with E-state index in [9.17, 15) is 14.0 Å². The Morgan fingerprint density at radius 3 is 2.75 bits per heavy atom. The quantitative estimate of drug-likeness (QED) is 0.858. The summed E-state index contributed by atoms with van der Waals surface area (Å²) in [5, 5.41) is 2.86. The van der Waals surface area contributed by atoms with Gasteiger partial charge in [-0.1, -0.05) is 24.3 Å². The summed E-state index contributed by atoms with van der Waals surface area (Å²) in [6.45, 7) is 0.686. The van der Waals surface area contributed by atoms with Crippen LogP contribution in [0.15, 0.2) is 42.5 Å². The van der Waals surface area contributed by atoms with Crippen LogP contribution in [0.4, 0.5) is 9.18 Å². The van der Waals surface area contributed by atoms with Crippen molar-refractivity contribution in [1.29, 1.82) is 0 Å². The molecule has 0 spiro atoms. The summed E-state index contributed by atoms with van der Waals surface area (Å²) in [5.74, 6) is -0.0674. The average Bonchev–Trinajstić information content (AvgIpc) is 2.72. The Morgan fingerprint density at radius 2 is 2.00 bits per heavy atom. The van der Waals surface area contributed by atoms with Gasteiger partial charge < -0.3 is 14.8 Å². The molecule has 2 aromatic rings. The van der Waals surface area contributed by atoms with Crippen LogP contribution in [0.5, 0.6) is 5.75 Å². The van der Waals surface area contributed by atoms with Gasteiger partial charge in [-0.2, -0.15) is 0 Å². The third kappa shape index (κ3) is 4.08. The van der Waals surface area contributed by atoms with E-state index in [1.54, 1.807) is 13.2 Å². The molecule has 0 aliphatic carbocycles. The van der Waals surface area contributed by atoms with Crippen molar-refractivity contribution in [2.24, 2.45) is 0 Å². The largest absolute Gasteiger partial charge is 0.496 e. The normalized spacial score (nSPS) is 15.5. The summed E-state index contributed by atoms with van der Waals surface area (Å²) in [4.78, 5) is 26.4. The number of hydrogen-bond acceptors (Lipinski definition) is 4. The van der Waals surface area contributed by atoms with Crippen molar-refractivity contribution in [2.45, 2.75) is 18.9 Å². The molecule has 2 amide bonds. The van der Waals surface area contributed by atoms with Crippen LogP contribution in [0.1, 0.15) is 22.7 Å². The number of halogens is 1. The number of methoxy groups -OCH3 is 2. The Bertz CT molecular complexity index is 871. The van der Waals surface area contributed by atoms with Crippen LogP contribution in [0.25, 0.3) is 0 Å². The molecule has 0 saturated carbocycles. The van der Waals surface area contributed by atoms with Crippen molar-refractivity contribution in [3.63, 3.8) is 0 Å². The summed E-state index contributed by atoms with van der Waals surface area (Å²) >= 11 is 0. The molecule has 3 rings (SSSR count). The lowest BCUT2D eigenvalue weighted by molar-refractivity contribution is -0.126. The van der Waals surface area contributed by atoms with E-state index in [0.717, 1.165) is 16.9 Å². The van der Waals surface area contributed by atoms with Gasteiger partial charge in [-0.3, -0.25) is 9.69 Å². The molecular formula is C21H23FN2O4. The van der Waals surface area contributed by atoms with Crippen molar-refractivity contribution in [1.82, 2.24) is 10.2 Å². The number of nitrogens with zero attached hydrogens (tertiary/aromatic N) is 1.